The fourth-order valence-corrected chi connectivity index (χ4v) is 1.92. The minimum Gasteiger partial charge on any atom is -0.463 e. The zero-order chi connectivity index (χ0) is 13.0. The Morgan fingerprint density at radius 3 is 2.67 bits per heavy atom. The highest BCUT2D eigenvalue weighted by Crippen LogP contribution is 2.48. The van der Waals surface area contributed by atoms with E-state index < -0.39 is 0 Å². The van der Waals surface area contributed by atoms with Crippen molar-refractivity contribution >= 4 is 17.5 Å². The van der Waals surface area contributed by atoms with Crippen LogP contribution in [0.5, 0.6) is 6.01 Å². The Morgan fingerprint density at radius 1 is 1.28 bits per heavy atom. The van der Waals surface area contributed by atoms with Crippen molar-refractivity contribution in [2.24, 2.45) is 5.41 Å². The first-order valence-electron chi connectivity index (χ1n) is 6.46. The predicted octanol–water partition coefficient (Wildman–Crippen LogP) is 2.92. The number of hydrogen-bond donors (Lipinski definition) is 1. The monoisotopic (exact) mass is 270 g/mol. The molecule has 0 radical (unpaired) electrons. The van der Waals surface area contributed by atoms with E-state index in [0.29, 0.717) is 24.0 Å². The van der Waals surface area contributed by atoms with Crippen LogP contribution in [0.25, 0.3) is 0 Å². The van der Waals surface area contributed by atoms with Crippen LogP contribution >= 0.6 is 11.6 Å². The van der Waals surface area contributed by atoms with Crippen molar-refractivity contribution in [1.82, 2.24) is 15.0 Å². The summed E-state index contributed by atoms with van der Waals surface area (Å²) in [6.07, 6.45) is 4.63. The standard InChI is InChI=1S/C12H19ClN4O/c1-3-7-18-11-16-9(13)15-10(17-11)14-8-12(4-2)5-6-12/h3-8H2,1-2H3,(H,14,15,16,17). The highest BCUT2D eigenvalue weighted by Gasteiger charge is 2.40. The van der Waals surface area contributed by atoms with Crippen molar-refractivity contribution in [1.29, 1.82) is 0 Å². The fraction of sp³-hybridized carbons (Fsp3) is 0.750. The lowest BCUT2D eigenvalue weighted by molar-refractivity contribution is 0.291. The second-order valence-electron chi connectivity index (χ2n) is 4.77. The minimum atomic E-state index is 0.167. The summed E-state index contributed by atoms with van der Waals surface area (Å²) in [5, 5.41) is 3.40. The first-order chi connectivity index (χ1) is 8.67. The number of aromatic nitrogens is 3. The molecule has 1 aliphatic carbocycles. The van der Waals surface area contributed by atoms with E-state index in [1.54, 1.807) is 0 Å². The molecule has 1 fully saturated rings. The lowest BCUT2D eigenvalue weighted by Gasteiger charge is -2.13. The number of rotatable bonds is 7. The maximum absolute atomic E-state index is 5.85. The van der Waals surface area contributed by atoms with Gasteiger partial charge < -0.3 is 10.1 Å². The van der Waals surface area contributed by atoms with Gasteiger partial charge in [-0.2, -0.15) is 15.0 Å². The molecule has 1 aliphatic rings. The number of hydrogen-bond acceptors (Lipinski definition) is 5. The quantitative estimate of drug-likeness (QED) is 0.825. The van der Waals surface area contributed by atoms with Crippen molar-refractivity contribution < 1.29 is 4.74 Å². The molecule has 0 bridgehead atoms. The van der Waals surface area contributed by atoms with Gasteiger partial charge in [-0.25, -0.2) is 0 Å². The molecule has 0 saturated heterocycles. The molecule has 1 N–H and O–H groups in total. The van der Waals surface area contributed by atoms with E-state index in [4.69, 9.17) is 16.3 Å². The van der Waals surface area contributed by atoms with Gasteiger partial charge in [0.05, 0.1) is 6.61 Å². The van der Waals surface area contributed by atoms with Gasteiger partial charge in [0.25, 0.3) is 0 Å². The van der Waals surface area contributed by atoms with Gasteiger partial charge in [0.1, 0.15) is 0 Å². The summed E-state index contributed by atoms with van der Waals surface area (Å²) in [7, 11) is 0. The predicted molar refractivity (Wildman–Crippen MR) is 71.1 cm³/mol. The first kappa shape index (κ1) is 13.3. The Morgan fingerprint density at radius 2 is 2.06 bits per heavy atom. The zero-order valence-electron chi connectivity index (χ0n) is 10.9. The summed E-state index contributed by atoms with van der Waals surface area (Å²) >= 11 is 5.85. The number of nitrogens with zero attached hydrogens (tertiary/aromatic N) is 3. The Balaban J connectivity index is 1.96. The van der Waals surface area contributed by atoms with E-state index in [1.807, 2.05) is 6.92 Å². The third kappa shape index (κ3) is 3.45. The highest BCUT2D eigenvalue weighted by molar-refractivity contribution is 6.28. The third-order valence-corrected chi connectivity index (χ3v) is 3.52. The molecule has 100 valence electrons. The van der Waals surface area contributed by atoms with Gasteiger partial charge in [0.15, 0.2) is 0 Å². The summed E-state index contributed by atoms with van der Waals surface area (Å²) < 4.78 is 5.36. The Kier molecular flexibility index (Phi) is 4.22. The molecule has 1 aromatic rings. The molecule has 0 unspecified atom stereocenters. The molecule has 1 heterocycles. The molecule has 0 aliphatic heterocycles. The Hall–Kier alpha value is -1.10. The van der Waals surface area contributed by atoms with Crippen molar-refractivity contribution in [3.05, 3.63) is 5.28 Å². The van der Waals surface area contributed by atoms with Crippen molar-refractivity contribution in [3.63, 3.8) is 0 Å². The second kappa shape index (κ2) is 5.69. The Labute approximate surface area is 112 Å². The molecule has 5 nitrogen and oxygen atoms in total. The molecular weight excluding hydrogens is 252 g/mol. The van der Waals surface area contributed by atoms with Crippen molar-refractivity contribution in [2.45, 2.75) is 39.5 Å². The summed E-state index contributed by atoms with van der Waals surface area (Å²) in [6, 6.07) is 0.292. The summed E-state index contributed by atoms with van der Waals surface area (Å²) in [6.45, 7) is 5.71. The molecule has 0 amide bonds. The largest absolute Gasteiger partial charge is 0.463 e. The molecule has 1 saturated carbocycles. The smallest absolute Gasteiger partial charge is 0.322 e. The van der Waals surface area contributed by atoms with Crippen molar-refractivity contribution in [3.8, 4) is 6.01 Å². The van der Waals surface area contributed by atoms with Gasteiger partial charge in [-0.05, 0) is 42.7 Å². The van der Waals surface area contributed by atoms with Crippen LogP contribution in [0.2, 0.25) is 5.28 Å². The molecule has 0 aromatic carbocycles. The molecule has 1 aromatic heterocycles. The molecule has 6 heteroatoms. The van der Waals surface area contributed by atoms with Crippen LogP contribution in [0.15, 0.2) is 0 Å². The average molecular weight is 271 g/mol. The van der Waals surface area contributed by atoms with Gasteiger partial charge in [-0.15, -0.1) is 0 Å². The van der Waals surface area contributed by atoms with Crippen LogP contribution in [-0.4, -0.2) is 28.1 Å². The van der Waals surface area contributed by atoms with E-state index in [0.717, 1.165) is 13.0 Å². The van der Waals surface area contributed by atoms with Gasteiger partial charge in [0, 0.05) is 6.54 Å². The maximum atomic E-state index is 5.85. The van der Waals surface area contributed by atoms with Gasteiger partial charge in [-0.1, -0.05) is 13.8 Å². The normalized spacial score (nSPS) is 16.4. The van der Waals surface area contributed by atoms with Crippen LogP contribution < -0.4 is 10.1 Å². The highest BCUT2D eigenvalue weighted by atomic mass is 35.5. The van der Waals surface area contributed by atoms with Gasteiger partial charge in [-0.3, -0.25) is 0 Å². The van der Waals surface area contributed by atoms with Crippen molar-refractivity contribution in [2.75, 3.05) is 18.5 Å². The maximum Gasteiger partial charge on any atom is 0.322 e. The summed E-state index contributed by atoms with van der Waals surface area (Å²) in [4.78, 5) is 12.2. The molecule has 0 spiro atoms. The topological polar surface area (TPSA) is 59.9 Å². The lowest BCUT2D eigenvalue weighted by atomic mass is 10.0. The van der Waals surface area contributed by atoms with Crippen LogP contribution in [0.3, 0.4) is 0 Å². The zero-order valence-corrected chi connectivity index (χ0v) is 11.6. The van der Waals surface area contributed by atoms with Gasteiger partial charge >= 0.3 is 6.01 Å². The SMILES string of the molecule is CCCOc1nc(Cl)nc(NCC2(CC)CC2)n1. The van der Waals surface area contributed by atoms with E-state index >= 15 is 0 Å². The van der Waals surface area contributed by atoms with Gasteiger partial charge in [0.2, 0.25) is 11.2 Å². The molecular formula is C12H19ClN4O. The minimum absolute atomic E-state index is 0.167. The van der Waals surface area contributed by atoms with Crippen LogP contribution in [-0.2, 0) is 0 Å². The molecule has 2 rings (SSSR count). The van der Waals surface area contributed by atoms with E-state index in [-0.39, 0.29) is 5.28 Å². The second-order valence-corrected chi connectivity index (χ2v) is 5.10. The summed E-state index contributed by atoms with van der Waals surface area (Å²) in [5.41, 5.74) is 0.434. The summed E-state index contributed by atoms with van der Waals surface area (Å²) in [5.74, 6) is 0.501. The lowest BCUT2D eigenvalue weighted by Crippen LogP contribution is -2.16. The Bertz CT molecular complexity index is 409. The van der Waals surface area contributed by atoms with E-state index in [2.05, 4.69) is 27.2 Å². The van der Waals surface area contributed by atoms with Crippen LogP contribution in [0.4, 0.5) is 5.95 Å². The fourth-order valence-electron chi connectivity index (χ4n) is 1.77. The van der Waals surface area contributed by atoms with E-state index in [9.17, 15) is 0 Å². The average Bonchev–Trinajstić information content (AvgIpc) is 3.14. The number of nitrogens with one attached hydrogen (secondary N) is 1. The third-order valence-electron chi connectivity index (χ3n) is 3.35. The number of ether oxygens (including phenoxy) is 1. The van der Waals surface area contributed by atoms with Crippen LogP contribution in [0.1, 0.15) is 39.5 Å². The molecule has 0 atom stereocenters. The van der Waals surface area contributed by atoms with Crippen LogP contribution in [0, 0.1) is 5.41 Å². The first-order valence-corrected chi connectivity index (χ1v) is 6.83. The molecule has 18 heavy (non-hydrogen) atoms. The van der Waals surface area contributed by atoms with E-state index in [1.165, 1.54) is 19.3 Å². The number of halogens is 1. The number of anilines is 1.